The van der Waals surface area contributed by atoms with Gasteiger partial charge in [0.25, 0.3) is 5.84 Å². The van der Waals surface area contributed by atoms with Crippen molar-refractivity contribution >= 4 is 11.5 Å². The number of benzene rings is 1. The highest BCUT2D eigenvalue weighted by molar-refractivity contribution is 5.93. The average Bonchev–Trinajstić information content (AvgIpc) is 2.55. The van der Waals surface area contributed by atoms with Gasteiger partial charge in [0.15, 0.2) is 0 Å². The van der Waals surface area contributed by atoms with Gasteiger partial charge in [0, 0.05) is 5.56 Å². The Morgan fingerprint density at radius 1 is 1.12 bits per heavy atom. The summed E-state index contributed by atoms with van der Waals surface area (Å²) >= 11 is 0. The summed E-state index contributed by atoms with van der Waals surface area (Å²) in [5.74, 6) is 1.06. The van der Waals surface area contributed by atoms with Crippen molar-refractivity contribution < 1.29 is 4.58 Å². The van der Waals surface area contributed by atoms with Gasteiger partial charge in [-0.3, -0.25) is 5.73 Å². The molecule has 2 heteroatoms. The third kappa shape index (κ3) is 1.10. The maximum Gasteiger partial charge on any atom is 0.258 e. The number of nitrogens with zero attached hydrogens (tertiary/aromatic N) is 1. The van der Waals surface area contributed by atoms with Crippen LogP contribution in [0.4, 0.5) is 5.69 Å². The quantitative estimate of drug-likeness (QED) is 0.662. The van der Waals surface area contributed by atoms with Crippen molar-refractivity contribution in [2.75, 3.05) is 7.05 Å². The van der Waals surface area contributed by atoms with E-state index in [2.05, 4.69) is 35.9 Å². The lowest BCUT2D eigenvalue weighted by Crippen LogP contribution is -2.42. The van der Waals surface area contributed by atoms with E-state index in [1.807, 2.05) is 0 Å². The Labute approximate surface area is 96.8 Å². The van der Waals surface area contributed by atoms with Crippen LogP contribution in [0.3, 0.4) is 0 Å². The fourth-order valence-corrected chi connectivity index (χ4v) is 3.44. The van der Waals surface area contributed by atoms with Gasteiger partial charge in [-0.2, -0.15) is 0 Å². The molecule has 1 aliphatic carbocycles. The summed E-state index contributed by atoms with van der Waals surface area (Å²) in [6, 6.07) is 8.69. The molecular formula is C14H19N2+. The van der Waals surface area contributed by atoms with Crippen LogP contribution in [0.1, 0.15) is 37.7 Å². The summed E-state index contributed by atoms with van der Waals surface area (Å²) in [4.78, 5) is 0. The highest BCUT2D eigenvalue weighted by Crippen LogP contribution is 2.46. The van der Waals surface area contributed by atoms with E-state index in [-0.39, 0.29) is 5.41 Å². The predicted molar refractivity (Wildman–Crippen MR) is 66.2 cm³/mol. The van der Waals surface area contributed by atoms with Crippen molar-refractivity contribution in [2.45, 2.75) is 37.5 Å². The van der Waals surface area contributed by atoms with E-state index in [9.17, 15) is 0 Å². The lowest BCUT2D eigenvalue weighted by atomic mass is 9.69. The lowest BCUT2D eigenvalue weighted by Gasteiger charge is -2.30. The third-order valence-corrected chi connectivity index (χ3v) is 4.34. The monoisotopic (exact) mass is 215 g/mol. The average molecular weight is 215 g/mol. The molecule has 84 valence electrons. The standard InChI is InChI=1S/C14H18N2/c1-16-12-8-4-3-7-11(12)14(13(16)15)9-5-2-6-10-14/h3-4,7-8,15H,2,5-6,9-10H2,1H3/p+1. The second-order valence-electron chi connectivity index (χ2n) is 5.10. The van der Waals surface area contributed by atoms with Crippen LogP contribution in [0.5, 0.6) is 0 Å². The molecule has 3 rings (SSSR count). The molecule has 1 heterocycles. The molecule has 1 fully saturated rings. The van der Waals surface area contributed by atoms with E-state index in [4.69, 9.17) is 5.73 Å². The number of para-hydroxylation sites is 1. The SMILES string of the molecule is C[N+]1=C(N)C2(CCCCC2)c2ccccc21. The molecule has 1 aromatic rings. The van der Waals surface area contributed by atoms with Gasteiger partial charge in [-0.1, -0.05) is 37.5 Å². The van der Waals surface area contributed by atoms with Crippen LogP contribution in [0, 0.1) is 0 Å². The molecule has 2 N–H and O–H groups in total. The molecule has 0 saturated heterocycles. The van der Waals surface area contributed by atoms with E-state index in [0.29, 0.717) is 0 Å². The van der Waals surface area contributed by atoms with E-state index < -0.39 is 0 Å². The zero-order valence-corrected chi connectivity index (χ0v) is 9.87. The fraction of sp³-hybridized carbons (Fsp3) is 0.500. The molecule has 2 nitrogen and oxygen atoms in total. The molecular weight excluding hydrogens is 196 g/mol. The van der Waals surface area contributed by atoms with Gasteiger partial charge in [0.2, 0.25) is 0 Å². The molecule has 1 aromatic carbocycles. The van der Waals surface area contributed by atoms with E-state index >= 15 is 0 Å². The summed E-state index contributed by atoms with van der Waals surface area (Å²) in [6.07, 6.45) is 6.42. The molecule has 1 aliphatic heterocycles. The highest BCUT2D eigenvalue weighted by atomic mass is 15.1. The van der Waals surface area contributed by atoms with E-state index in [1.54, 1.807) is 0 Å². The first kappa shape index (κ1) is 9.88. The fourth-order valence-electron chi connectivity index (χ4n) is 3.44. The first-order chi connectivity index (χ1) is 7.76. The van der Waals surface area contributed by atoms with E-state index in [0.717, 1.165) is 5.84 Å². The van der Waals surface area contributed by atoms with Crippen molar-refractivity contribution in [1.82, 2.24) is 0 Å². The van der Waals surface area contributed by atoms with Gasteiger partial charge in [0.1, 0.15) is 5.69 Å². The molecule has 0 bridgehead atoms. The smallest absolute Gasteiger partial charge is 0.258 e. The largest absolute Gasteiger partial charge is 0.290 e. The summed E-state index contributed by atoms with van der Waals surface area (Å²) in [5.41, 5.74) is 9.30. The van der Waals surface area contributed by atoms with Crippen molar-refractivity contribution in [3.63, 3.8) is 0 Å². The van der Waals surface area contributed by atoms with Crippen LogP contribution >= 0.6 is 0 Å². The van der Waals surface area contributed by atoms with Crippen LogP contribution in [-0.2, 0) is 5.41 Å². The second-order valence-corrected chi connectivity index (χ2v) is 5.10. The van der Waals surface area contributed by atoms with Crippen molar-refractivity contribution in [1.29, 1.82) is 0 Å². The molecule has 1 saturated carbocycles. The Balaban J connectivity index is 2.19. The van der Waals surface area contributed by atoms with Gasteiger partial charge >= 0.3 is 0 Å². The first-order valence-electron chi connectivity index (χ1n) is 6.22. The van der Waals surface area contributed by atoms with Crippen LogP contribution < -0.4 is 5.73 Å². The molecule has 2 aliphatic rings. The minimum atomic E-state index is 0.156. The zero-order valence-electron chi connectivity index (χ0n) is 9.87. The van der Waals surface area contributed by atoms with Gasteiger partial charge in [-0.05, 0) is 18.9 Å². The minimum Gasteiger partial charge on any atom is -0.290 e. The summed E-state index contributed by atoms with van der Waals surface area (Å²) in [6.45, 7) is 0. The second kappa shape index (κ2) is 3.34. The summed E-state index contributed by atoms with van der Waals surface area (Å²) in [7, 11) is 2.09. The van der Waals surface area contributed by atoms with Crippen molar-refractivity contribution in [3.05, 3.63) is 29.8 Å². The Bertz CT molecular complexity index is 454. The number of fused-ring (bicyclic) bond motifs is 2. The number of hydrogen-bond donors (Lipinski definition) is 1. The Hall–Kier alpha value is -1.31. The van der Waals surface area contributed by atoms with Crippen molar-refractivity contribution in [3.8, 4) is 0 Å². The Morgan fingerprint density at radius 3 is 2.56 bits per heavy atom. The number of nitrogens with two attached hydrogens (primary N) is 1. The third-order valence-electron chi connectivity index (χ3n) is 4.34. The lowest BCUT2D eigenvalue weighted by molar-refractivity contribution is -0.403. The maximum atomic E-state index is 6.38. The number of amidine groups is 1. The molecule has 16 heavy (non-hydrogen) atoms. The zero-order chi connectivity index (χ0) is 11.2. The molecule has 0 atom stereocenters. The van der Waals surface area contributed by atoms with Crippen LogP contribution in [0.15, 0.2) is 24.3 Å². The maximum absolute atomic E-state index is 6.38. The summed E-state index contributed by atoms with van der Waals surface area (Å²) in [5, 5.41) is 0. The number of rotatable bonds is 0. The van der Waals surface area contributed by atoms with E-state index in [1.165, 1.54) is 43.4 Å². The minimum absolute atomic E-state index is 0.156. The van der Waals surface area contributed by atoms with Crippen LogP contribution in [-0.4, -0.2) is 17.5 Å². The molecule has 0 radical (unpaired) electrons. The molecule has 1 spiro atoms. The van der Waals surface area contributed by atoms with Crippen LogP contribution in [0.25, 0.3) is 0 Å². The van der Waals surface area contributed by atoms with Gasteiger partial charge < -0.3 is 0 Å². The normalized spacial score (nSPS) is 22.6. The summed E-state index contributed by atoms with van der Waals surface area (Å²) < 4.78 is 2.18. The van der Waals surface area contributed by atoms with Gasteiger partial charge in [-0.15, -0.1) is 0 Å². The van der Waals surface area contributed by atoms with Crippen molar-refractivity contribution in [2.24, 2.45) is 5.73 Å². The predicted octanol–water partition coefficient (Wildman–Crippen LogP) is 2.53. The molecule has 0 unspecified atom stereocenters. The first-order valence-corrected chi connectivity index (χ1v) is 6.22. The topological polar surface area (TPSA) is 29.0 Å². The van der Waals surface area contributed by atoms with Crippen LogP contribution in [0.2, 0.25) is 0 Å². The highest BCUT2D eigenvalue weighted by Gasteiger charge is 2.48. The molecule has 0 aromatic heterocycles. The van der Waals surface area contributed by atoms with Gasteiger partial charge in [0.05, 0.1) is 12.5 Å². The Kier molecular flexibility index (Phi) is 2.06. The molecule has 0 amide bonds. The Morgan fingerprint density at radius 2 is 1.81 bits per heavy atom. The number of hydrogen-bond acceptors (Lipinski definition) is 1. The van der Waals surface area contributed by atoms with Gasteiger partial charge in [-0.25, -0.2) is 4.58 Å².